The van der Waals surface area contributed by atoms with E-state index in [1.807, 2.05) is 6.92 Å². The SMILES string of the molecule is Cc1c([C@@H]2CC(=O)Nc3[nH]ncc32)[nH]c2ccc(F)cc12. The van der Waals surface area contributed by atoms with Crippen LogP contribution in [0.4, 0.5) is 10.2 Å². The molecule has 0 saturated carbocycles. The van der Waals surface area contributed by atoms with Crippen molar-refractivity contribution in [3.8, 4) is 0 Å². The third-order valence-corrected chi connectivity index (χ3v) is 4.11. The fourth-order valence-corrected chi connectivity index (χ4v) is 3.07. The van der Waals surface area contributed by atoms with Crippen LogP contribution < -0.4 is 5.32 Å². The third-order valence-electron chi connectivity index (χ3n) is 4.11. The minimum absolute atomic E-state index is 0.0546. The Balaban J connectivity index is 1.91. The van der Waals surface area contributed by atoms with Gasteiger partial charge in [-0.25, -0.2) is 4.39 Å². The summed E-state index contributed by atoms with van der Waals surface area (Å²) in [7, 11) is 0. The molecular formula is C15H13FN4O. The largest absolute Gasteiger partial charge is 0.358 e. The maximum atomic E-state index is 13.4. The topological polar surface area (TPSA) is 73.6 Å². The first kappa shape index (κ1) is 12.1. The summed E-state index contributed by atoms with van der Waals surface area (Å²) in [5, 5.41) is 10.4. The van der Waals surface area contributed by atoms with Gasteiger partial charge in [-0.05, 0) is 30.7 Å². The molecule has 0 bridgehead atoms. The van der Waals surface area contributed by atoms with E-state index in [0.717, 1.165) is 27.7 Å². The summed E-state index contributed by atoms with van der Waals surface area (Å²) in [6, 6.07) is 4.67. The monoisotopic (exact) mass is 284 g/mol. The predicted octanol–water partition coefficient (Wildman–Crippen LogP) is 2.81. The summed E-state index contributed by atoms with van der Waals surface area (Å²) in [5.41, 5.74) is 3.73. The van der Waals surface area contributed by atoms with E-state index in [1.165, 1.54) is 12.1 Å². The Kier molecular flexibility index (Phi) is 2.42. The fraction of sp³-hybridized carbons (Fsp3) is 0.200. The second-order valence-electron chi connectivity index (χ2n) is 5.36. The van der Waals surface area contributed by atoms with Crippen molar-refractivity contribution in [3.05, 3.63) is 47.0 Å². The number of benzene rings is 1. The molecule has 3 heterocycles. The lowest BCUT2D eigenvalue weighted by Crippen LogP contribution is -2.23. The first-order chi connectivity index (χ1) is 10.1. The lowest BCUT2D eigenvalue weighted by molar-refractivity contribution is -0.116. The summed E-state index contributed by atoms with van der Waals surface area (Å²) in [4.78, 5) is 15.2. The number of aromatic nitrogens is 3. The number of nitrogens with zero attached hydrogens (tertiary/aromatic N) is 1. The molecule has 0 saturated heterocycles. The molecule has 1 aromatic carbocycles. The Morgan fingerprint density at radius 1 is 1.38 bits per heavy atom. The van der Waals surface area contributed by atoms with Gasteiger partial charge in [0.05, 0.1) is 6.20 Å². The second kappa shape index (κ2) is 4.18. The van der Waals surface area contributed by atoms with Gasteiger partial charge < -0.3 is 10.3 Å². The maximum absolute atomic E-state index is 13.4. The summed E-state index contributed by atoms with van der Waals surface area (Å²) in [5.74, 6) is 0.228. The van der Waals surface area contributed by atoms with Crippen LogP contribution >= 0.6 is 0 Å². The molecule has 2 aromatic heterocycles. The Hall–Kier alpha value is -2.63. The highest BCUT2D eigenvalue weighted by atomic mass is 19.1. The molecular weight excluding hydrogens is 271 g/mol. The number of halogens is 1. The third kappa shape index (κ3) is 1.75. The van der Waals surface area contributed by atoms with Crippen molar-refractivity contribution < 1.29 is 9.18 Å². The van der Waals surface area contributed by atoms with Crippen LogP contribution in [-0.2, 0) is 4.79 Å². The highest BCUT2D eigenvalue weighted by Gasteiger charge is 2.30. The zero-order chi connectivity index (χ0) is 14.6. The molecule has 3 aromatic rings. The van der Waals surface area contributed by atoms with Gasteiger partial charge in [-0.15, -0.1) is 0 Å². The molecule has 0 unspecified atom stereocenters. The molecule has 1 atom stereocenters. The molecule has 0 fully saturated rings. The molecule has 6 heteroatoms. The smallest absolute Gasteiger partial charge is 0.226 e. The van der Waals surface area contributed by atoms with Crippen LogP contribution in [0.15, 0.2) is 24.4 Å². The first-order valence-electron chi connectivity index (χ1n) is 6.74. The molecule has 4 rings (SSSR count). The van der Waals surface area contributed by atoms with E-state index in [4.69, 9.17) is 0 Å². The normalized spacial score (nSPS) is 17.8. The minimum atomic E-state index is -0.262. The Morgan fingerprint density at radius 2 is 2.24 bits per heavy atom. The quantitative estimate of drug-likeness (QED) is 0.643. The fourth-order valence-electron chi connectivity index (χ4n) is 3.07. The molecule has 1 aliphatic heterocycles. The van der Waals surface area contributed by atoms with Crippen LogP contribution in [0.5, 0.6) is 0 Å². The van der Waals surface area contributed by atoms with E-state index in [0.29, 0.717) is 12.2 Å². The van der Waals surface area contributed by atoms with Crippen molar-refractivity contribution in [3.63, 3.8) is 0 Å². The van der Waals surface area contributed by atoms with Crippen LogP contribution in [0, 0.1) is 12.7 Å². The number of hydrogen-bond acceptors (Lipinski definition) is 2. The lowest BCUT2D eigenvalue weighted by atomic mass is 9.89. The molecule has 106 valence electrons. The zero-order valence-corrected chi connectivity index (χ0v) is 11.3. The molecule has 1 amide bonds. The van der Waals surface area contributed by atoms with Gasteiger partial charge in [-0.2, -0.15) is 5.10 Å². The van der Waals surface area contributed by atoms with Gasteiger partial charge in [-0.3, -0.25) is 9.89 Å². The number of carbonyl (C=O) groups is 1. The van der Waals surface area contributed by atoms with Crippen LogP contribution in [0.25, 0.3) is 10.9 Å². The number of aromatic amines is 2. The van der Waals surface area contributed by atoms with Crippen molar-refractivity contribution in [1.82, 2.24) is 15.2 Å². The Morgan fingerprint density at radius 3 is 3.10 bits per heavy atom. The summed E-state index contributed by atoms with van der Waals surface area (Å²) >= 11 is 0. The average Bonchev–Trinajstić information content (AvgIpc) is 3.03. The van der Waals surface area contributed by atoms with Crippen LogP contribution in [0.1, 0.15) is 29.2 Å². The van der Waals surface area contributed by atoms with E-state index in [2.05, 4.69) is 20.5 Å². The van der Waals surface area contributed by atoms with Gasteiger partial charge in [0.15, 0.2) is 0 Å². The van der Waals surface area contributed by atoms with E-state index in [-0.39, 0.29) is 17.6 Å². The minimum Gasteiger partial charge on any atom is -0.358 e. The number of hydrogen-bond donors (Lipinski definition) is 3. The molecule has 21 heavy (non-hydrogen) atoms. The highest BCUT2D eigenvalue weighted by molar-refractivity contribution is 5.94. The van der Waals surface area contributed by atoms with E-state index in [1.54, 1.807) is 12.3 Å². The maximum Gasteiger partial charge on any atom is 0.226 e. The number of H-pyrrole nitrogens is 2. The summed E-state index contributed by atoms with van der Waals surface area (Å²) in [6.45, 7) is 1.94. The van der Waals surface area contributed by atoms with Gasteiger partial charge >= 0.3 is 0 Å². The van der Waals surface area contributed by atoms with E-state index >= 15 is 0 Å². The zero-order valence-electron chi connectivity index (χ0n) is 11.3. The molecule has 0 radical (unpaired) electrons. The van der Waals surface area contributed by atoms with E-state index < -0.39 is 0 Å². The van der Waals surface area contributed by atoms with E-state index in [9.17, 15) is 9.18 Å². The lowest BCUT2D eigenvalue weighted by Gasteiger charge is -2.21. The Labute approximate surface area is 119 Å². The van der Waals surface area contributed by atoms with Crippen molar-refractivity contribution in [2.45, 2.75) is 19.3 Å². The first-order valence-corrected chi connectivity index (χ1v) is 6.74. The highest BCUT2D eigenvalue weighted by Crippen LogP contribution is 2.38. The molecule has 5 nitrogen and oxygen atoms in total. The number of carbonyl (C=O) groups excluding carboxylic acids is 1. The number of aryl methyl sites for hydroxylation is 1. The van der Waals surface area contributed by atoms with Gasteiger partial charge in [0.25, 0.3) is 0 Å². The average molecular weight is 284 g/mol. The second-order valence-corrected chi connectivity index (χ2v) is 5.36. The van der Waals surface area contributed by atoms with Gasteiger partial charge in [0.1, 0.15) is 11.6 Å². The van der Waals surface area contributed by atoms with Crippen LogP contribution in [0.2, 0.25) is 0 Å². The molecule has 3 N–H and O–H groups in total. The van der Waals surface area contributed by atoms with Gasteiger partial charge in [0.2, 0.25) is 5.91 Å². The summed E-state index contributed by atoms with van der Waals surface area (Å²) in [6.07, 6.45) is 2.08. The van der Waals surface area contributed by atoms with Crippen LogP contribution in [-0.4, -0.2) is 21.1 Å². The number of nitrogens with one attached hydrogen (secondary N) is 3. The van der Waals surface area contributed by atoms with Crippen molar-refractivity contribution >= 4 is 22.6 Å². The number of fused-ring (bicyclic) bond motifs is 2. The molecule has 0 aliphatic carbocycles. The number of anilines is 1. The van der Waals surface area contributed by atoms with Crippen LogP contribution in [0.3, 0.4) is 0 Å². The van der Waals surface area contributed by atoms with Crippen molar-refractivity contribution in [2.24, 2.45) is 0 Å². The number of rotatable bonds is 1. The molecule has 1 aliphatic rings. The standard InChI is InChI=1S/C15H13FN4O/c1-7-9-4-8(16)2-3-12(9)18-14(7)10-5-13(21)19-15-11(10)6-17-20-15/h2-4,6,10,18H,5H2,1H3,(H2,17,19,20,21)/t10-/m1/s1. The van der Waals surface area contributed by atoms with Crippen molar-refractivity contribution in [1.29, 1.82) is 0 Å². The van der Waals surface area contributed by atoms with Gasteiger partial charge in [-0.1, -0.05) is 0 Å². The number of amides is 1. The van der Waals surface area contributed by atoms with Crippen molar-refractivity contribution in [2.75, 3.05) is 5.32 Å². The Bertz CT molecular complexity index is 864. The molecule has 0 spiro atoms. The van der Waals surface area contributed by atoms with Gasteiger partial charge in [0, 0.05) is 34.5 Å². The predicted molar refractivity (Wildman–Crippen MR) is 76.7 cm³/mol. The summed E-state index contributed by atoms with van der Waals surface area (Å²) < 4.78 is 13.4.